The summed E-state index contributed by atoms with van der Waals surface area (Å²) in [7, 11) is 1.47. The number of fused-ring (bicyclic) bond motifs is 1. The highest BCUT2D eigenvalue weighted by Gasteiger charge is 2.33. The highest BCUT2D eigenvalue weighted by atomic mass is 32.2. The zero-order chi connectivity index (χ0) is 23.9. The van der Waals surface area contributed by atoms with Crippen molar-refractivity contribution in [3.63, 3.8) is 0 Å². The van der Waals surface area contributed by atoms with Gasteiger partial charge in [0.05, 0.1) is 24.1 Å². The van der Waals surface area contributed by atoms with E-state index < -0.39 is 28.4 Å². The van der Waals surface area contributed by atoms with Crippen LogP contribution in [0.2, 0.25) is 0 Å². The number of halogens is 3. The SMILES string of the molecule is COc1ccc(O)c([C@@H]2CC(c3c(O)cc(C)oc3=O)=Nc3cc(C(F)(F)F)ccc3S2)c1. The second kappa shape index (κ2) is 8.51. The van der Waals surface area contributed by atoms with Crippen LogP contribution in [0.5, 0.6) is 17.2 Å². The van der Waals surface area contributed by atoms with Gasteiger partial charge >= 0.3 is 11.8 Å². The zero-order valence-electron chi connectivity index (χ0n) is 17.4. The number of thioether (sulfide) groups is 1. The van der Waals surface area contributed by atoms with Crippen molar-refractivity contribution in [2.45, 2.75) is 29.7 Å². The van der Waals surface area contributed by atoms with Gasteiger partial charge in [0.2, 0.25) is 0 Å². The molecule has 4 rings (SSSR count). The van der Waals surface area contributed by atoms with Crippen LogP contribution in [0.15, 0.2) is 61.6 Å². The Balaban J connectivity index is 1.93. The lowest BCUT2D eigenvalue weighted by Crippen LogP contribution is -2.17. The number of phenols is 1. The van der Waals surface area contributed by atoms with Crippen LogP contribution in [0.4, 0.5) is 18.9 Å². The molecule has 0 aliphatic carbocycles. The summed E-state index contributed by atoms with van der Waals surface area (Å²) >= 11 is 1.19. The average Bonchev–Trinajstić information content (AvgIpc) is 2.91. The van der Waals surface area contributed by atoms with E-state index in [-0.39, 0.29) is 34.9 Å². The quantitative estimate of drug-likeness (QED) is 0.500. The Morgan fingerprint density at radius 1 is 1.12 bits per heavy atom. The van der Waals surface area contributed by atoms with Crippen molar-refractivity contribution in [2.75, 3.05) is 7.11 Å². The number of hydrogen-bond acceptors (Lipinski definition) is 7. The maximum Gasteiger partial charge on any atom is 0.416 e. The van der Waals surface area contributed by atoms with Crippen molar-refractivity contribution >= 4 is 23.2 Å². The molecule has 0 saturated heterocycles. The molecule has 3 aromatic rings. The fraction of sp³-hybridized carbons (Fsp3) is 0.217. The molecule has 10 heteroatoms. The number of ether oxygens (including phenoxy) is 1. The Morgan fingerprint density at radius 2 is 1.88 bits per heavy atom. The largest absolute Gasteiger partial charge is 0.508 e. The van der Waals surface area contributed by atoms with E-state index in [2.05, 4.69) is 4.99 Å². The van der Waals surface area contributed by atoms with E-state index in [9.17, 15) is 28.2 Å². The molecule has 1 atom stereocenters. The van der Waals surface area contributed by atoms with Gasteiger partial charge in [0.25, 0.3) is 0 Å². The fourth-order valence-electron chi connectivity index (χ4n) is 3.55. The summed E-state index contributed by atoms with van der Waals surface area (Å²) < 4.78 is 50.3. The van der Waals surface area contributed by atoms with Gasteiger partial charge in [-0.3, -0.25) is 4.99 Å². The summed E-state index contributed by atoms with van der Waals surface area (Å²) in [5.41, 5.74) is -1.52. The minimum absolute atomic E-state index is 0.00548. The van der Waals surface area contributed by atoms with Crippen molar-refractivity contribution in [1.82, 2.24) is 0 Å². The maximum absolute atomic E-state index is 13.3. The van der Waals surface area contributed by atoms with E-state index in [4.69, 9.17) is 9.15 Å². The molecule has 2 heterocycles. The minimum Gasteiger partial charge on any atom is -0.508 e. The number of nitrogens with zero attached hydrogens (tertiary/aromatic N) is 1. The molecule has 0 saturated carbocycles. The predicted octanol–water partition coefficient (Wildman–Crippen LogP) is 5.74. The van der Waals surface area contributed by atoms with Crippen LogP contribution in [0.3, 0.4) is 0 Å². The van der Waals surface area contributed by atoms with E-state index in [1.807, 2.05) is 0 Å². The lowest BCUT2D eigenvalue weighted by molar-refractivity contribution is -0.137. The van der Waals surface area contributed by atoms with Crippen LogP contribution in [0.1, 0.15) is 34.1 Å². The second-order valence-corrected chi connectivity index (χ2v) is 8.62. The Hall–Kier alpha value is -3.40. The van der Waals surface area contributed by atoms with Crippen LogP contribution in [0, 0.1) is 6.92 Å². The van der Waals surface area contributed by atoms with Gasteiger partial charge in [0.1, 0.15) is 28.6 Å². The standard InChI is InChI=1S/C23H18F3NO5S/c1-11-7-18(29)21(22(30)32-11)16-10-20(14-9-13(31-2)4-5-17(14)28)33-19-6-3-12(23(24,25)26)8-15(19)27-16/h3-9,20,28-29H,10H2,1-2H3/t20-/m0/s1. The first-order valence-electron chi connectivity index (χ1n) is 9.73. The summed E-state index contributed by atoms with van der Waals surface area (Å²) in [6, 6.07) is 9.01. The minimum atomic E-state index is -4.59. The van der Waals surface area contributed by atoms with E-state index in [1.165, 1.54) is 44.0 Å². The monoisotopic (exact) mass is 477 g/mol. The van der Waals surface area contributed by atoms with Crippen LogP contribution in [0.25, 0.3) is 0 Å². The molecule has 0 unspecified atom stereocenters. The summed E-state index contributed by atoms with van der Waals surface area (Å²) in [4.78, 5) is 17.3. The second-order valence-electron chi connectivity index (χ2n) is 7.38. The highest BCUT2D eigenvalue weighted by Crippen LogP contribution is 2.49. The van der Waals surface area contributed by atoms with Crippen molar-refractivity contribution in [3.8, 4) is 17.2 Å². The van der Waals surface area contributed by atoms with Crippen molar-refractivity contribution in [3.05, 3.63) is 75.3 Å². The first-order valence-corrected chi connectivity index (χ1v) is 10.6. The number of phenolic OH excluding ortho intramolecular Hbond substituents is 1. The number of rotatable bonds is 3. The topological polar surface area (TPSA) is 92.3 Å². The molecule has 1 aromatic heterocycles. The van der Waals surface area contributed by atoms with Crippen LogP contribution in [-0.4, -0.2) is 23.0 Å². The Morgan fingerprint density at radius 3 is 2.55 bits per heavy atom. The normalized spacial score (nSPS) is 16.0. The van der Waals surface area contributed by atoms with Crippen LogP contribution in [-0.2, 0) is 6.18 Å². The van der Waals surface area contributed by atoms with Gasteiger partial charge in [-0.25, -0.2) is 4.79 Å². The number of aryl methyl sites for hydroxylation is 1. The average molecular weight is 477 g/mol. The molecule has 1 aliphatic rings. The molecule has 0 spiro atoms. The fourth-order valence-corrected chi connectivity index (χ4v) is 4.79. The molecule has 0 amide bonds. The lowest BCUT2D eigenvalue weighted by atomic mass is 10.0. The maximum atomic E-state index is 13.3. The van der Waals surface area contributed by atoms with Gasteiger partial charge in [-0.1, -0.05) is 0 Å². The van der Waals surface area contributed by atoms with Gasteiger partial charge < -0.3 is 19.4 Å². The van der Waals surface area contributed by atoms with E-state index in [1.54, 1.807) is 12.1 Å². The number of aliphatic imine (C=N–C) groups is 1. The van der Waals surface area contributed by atoms with E-state index in [0.717, 1.165) is 12.1 Å². The number of hydrogen-bond donors (Lipinski definition) is 2. The molecule has 2 aromatic carbocycles. The van der Waals surface area contributed by atoms with Crippen molar-refractivity contribution < 1.29 is 32.5 Å². The summed E-state index contributed by atoms with van der Waals surface area (Å²) in [5, 5.41) is 20.4. The van der Waals surface area contributed by atoms with Crippen LogP contribution < -0.4 is 10.4 Å². The Labute approximate surface area is 190 Å². The zero-order valence-corrected chi connectivity index (χ0v) is 18.3. The lowest BCUT2D eigenvalue weighted by Gasteiger charge is -2.18. The van der Waals surface area contributed by atoms with E-state index in [0.29, 0.717) is 16.2 Å². The molecule has 1 aliphatic heterocycles. The molecule has 0 radical (unpaired) electrons. The van der Waals surface area contributed by atoms with E-state index >= 15 is 0 Å². The summed E-state index contributed by atoms with van der Waals surface area (Å²) in [6.45, 7) is 1.48. The van der Waals surface area contributed by atoms with Crippen molar-refractivity contribution in [1.29, 1.82) is 0 Å². The third-order valence-electron chi connectivity index (χ3n) is 5.11. The first-order chi connectivity index (χ1) is 15.6. The first kappa shape index (κ1) is 22.8. The third-order valence-corrected chi connectivity index (χ3v) is 6.42. The number of benzene rings is 2. The number of aromatic hydroxyl groups is 2. The van der Waals surface area contributed by atoms with Crippen molar-refractivity contribution in [2.24, 2.45) is 4.99 Å². The Bertz CT molecular complexity index is 1320. The molecular formula is C23H18F3NO5S. The van der Waals surface area contributed by atoms with Gasteiger partial charge in [-0.2, -0.15) is 13.2 Å². The molecule has 33 heavy (non-hydrogen) atoms. The highest BCUT2D eigenvalue weighted by molar-refractivity contribution is 7.99. The van der Waals surface area contributed by atoms with Gasteiger partial charge in [0.15, 0.2) is 0 Å². The van der Waals surface area contributed by atoms with Crippen LogP contribution >= 0.6 is 11.8 Å². The molecule has 6 nitrogen and oxygen atoms in total. The third kappa shape index (κ3) is 4.56. The molecular weight excluding hydrogens is 459 g/mol. The Kier molecular flexibility index (Phi) is 5.87. The molecule has 0 fully saturated rings. The summed E-state index contributed by atoms with van der Waals surface area (Å²) in [6.07, 6.45) is -4.57. The molecule has 172 valence electrons. The van der Waals surface area contributed by atoms with Gasteiger partial charge in [0, 0.05) is 28.2 Å². The molecule has 2 N–H and O–H groups in total. The summed E-state index contributed by atoms with van der Waals surface area (Å²) in [5.74, 6) is 0.197. The number of methoxy groups -OCH3 is 1. The molecule has 0 bridgehead atoms. The smallest absolute Gasteiger partial charge is 0.416 e. The van der Waals surface area contributed by atoms with Gasteiger partial charge in [-0.05, 0) is 43.3 Å². The number of alkyl halides is 3. The predicted molar refractivity (Wildman–Crippen MR) is 117 cm³/mol. The van der Waals surface area contributed by atoms with Gasteiger partial charge in [-0.15, -0.1) is 11.8 Å².